The van der Waals surface area contributed by atoms with Crippen molar-refractivity contribution in [2.45, 2.75) is 13.8 Å². The molecule has 0 spiro atoms. The van der Waals surface area contributed by atoms with Gasteiger partial charge in [-0.25, -0.2) is 4.99 Å². The van der Waals surface area contributed by atoms with Crippen molar-refractivity contribution in [2.75, 3.05) is 0 Å². The summed E-state index contributed by atoms with van der Waals surface area (Å²) >= 11 is 0. The Labute approximate surface area is 83.1 Å². The third kappa shape index (κ3) is 2.69. The van der Waals surface area contributed by atoms with Gasteiger partial charge >= 0.3 is 0 Å². The van der Waals surface area contributed by atoms with Crippen molar-refractivity contribution < 1.29 is 9.90 Å². The van der Waals surface area contributed by atoms with Gasteiger partial charge in [0.15, 0.2) is 0 Å². The molecule has 0 aliphatic carbocycles. The number of phenols is 1. The van der Waals surface area contributed by atoms with E-state index >= 15 is 0 Å². The van der Waals surface area contributed by atoms with Crippen LogP contribution in [0.4, 0.5) is 0 Å². The maximum atomic E-state index is 11.4. The van der Waals surface area contributed by atoms with Gasteiger partial charge in [-0.3, -0.25) is 4.79 Å². The molecular weight excluding hydrogens is 178 g/mol. The van der Waals surface area contributed by atoms with Crippen molar-refractivity contribution in [2.24, 2.45) is 10.9 Å². The molecule has 0 atom stereocenters. The SMILES string of the molecule is CC(C)C=NC(=O)c1ccccc1O. The van der Waals surface area contributed by atoms with Gasteiger partial charge in [0.05, 0.1) is 5.56 Å². The normalized spacial score (nSPS) is 11.1. The Morgan fingerprint density at radius 3 is 2.64 bits per heavy atom. The van der Waals surface area contributed by atoms with Crippen LogP contribution in [0.25, 0.3) is 0 Å². The Kier molecular flexibility index (Phi) is 3.40. The molecule has 0 fully saturated rings. The quantitative estimate of drug-likeness (QED) is 0.729. The fourth-order valence-corrected chi connectivity index (χ4v) is 0.941. The van der Waals surface area contributed by atoms with E-state index in [-0.39, 0.29) is 17.2 Å². The van der Waals surface area contributed by atoms with Gasteiger partial charge < -0.3 is 5.11 Å². The van der Waals surface area contributed by atoms with Crippen LogP contribution < -0.4 is 0 Å². The molecule has 1 N–H and O–H groups in total. The van der Waals surface area contributed by atoms with Crippen molar-refractivity contribution in [1.29, 1.82) is 0 Å². The van der Waals surface area contributed by atoms with E-state index < -0.39 is 5.91 Å². The summed E-state index contributed by atoms with van der Waals surface area (Å²) in [6.07, 6.45) is 1.56. The average Bonchev–Trinajstić information content (AvgIpc) is 2.15. The first-order chi connectivity index (χ1) is 6.61. The van der Waals surface area contributed by atoms with Crippen LogP contribution in [0.15, 0.2) is 29.3 Å². The second-order valence-corrected chi connectivity index (χ2v) is 3.34. The summed E-state index contributed by atoms with van der Waals surface area (Å²) in [5, 5.41) is 9.35. The van der Waals surface area contributed by atoms with Crippen molar-refractivity contribution in [3.05, 3.63) is 29.8 Å². The van der Waals surface area contributed by atoms with Crippen LogP contribution in [0.3, 0.4) is 0 Å². The van der Waals surface area contributed by atoms with Crippen molar-refractivity contribution >= 4 is 12.1 Å². The van der Waals surface area contributed by atoms with Gasteiger partial charge in [-0.15, -0.1) is 0 Å². The lowest BCUT2D eigenvalue weighted by Crippen LogP contribution is -1.98. The van der Waals surface area contributed by atoms with Crippen LogP contribution in [0.5, 0.6) is 5.75 Å². The molecule has 0 saturated carbocycles. The molecule has 3 nitrogen and oxygen atoms in total. The fourth-order valence-electron chi connectivity index (χ4n) is 0.941. The molecule has 0 saturated heterocycles. The first-order valence-corrected chi connectivity index (χ1v) is 4.47. The van der Waals surface area contributed by atoms with Gasteiger partial charge in [0.25, 0.3) is 5.91 Å². The fraction of sp³-hybridized carbons (Fsp3) is 0.273. The Morgan fingerprint density at radius 2 is 2.07 bits per heavy atom. The third-order valence-corrected chi connectivity index (χ3v) is 1.62. The van der Waals surface area contributed by atoms with E-state index in [4.69, 9.17) is 0 Å². The third-order valence-electron chi connectivity index (χ3n) is 1.62. The maximum Gasteiger partial charge on any atom is 0.280 e. The molecule has 0 aliphatic heterocycles. The zero-order valence-electron chi connectivity index (χ0n) is 8.27. The Hall–Kier alpha value is -1.64. The monoisotopic (exact) mass is 191 g/mol. The lowest BCUT2D eigenvalue weighted by atomic mass is 10.2. The van der Waals surface area contributed by atoms with E-state index in [0.29, 0.717) is 0 Å². The molecule has 0 radical (unpaired) electrons. The molecule has 0 unspecified atom stereocenters. The highest BCUT2D eigenvalue weighted by molar-refractivity contribution is 6.01. The predicted molar refractivity (Wildman–Crippen MR) is 55.8 cm³/mol. The minimum Gasteiger partial charge on any atom is -0.507 e. The number of benzene rings is 1. The van der Waals surface area contributed by atoms with E-state index in [0.717, 1.165) is 0 Å². The minimum atomic E-state index is -0.406. The highest BCUT2D eigenvalue weighted by Gasteiger charge is 2.07. The van der Waals surface area contributed by atoms with E-state index in [1.165, 1.54) is 6.07 Å². The Balaban J connectivity index is 2.85. The first-order valence-electron chi connectivity index (χ1n) is 4.47. The zero-order valence-corrected chi connectivity index (χ0v) is 8.27. The number of rotatable bonds is 2. The van der Waals surface area contributed by atoms with Crippen LogP contribution in [0.1, 0.15) is 24.2 Å². The molecule has 1 rings (SSSR count). The van der Waals surface area contributed by atoms with Gasteiger partial charge in [-0.2, -0.15) is 0 Å². The maximum absolute atomic E-state index is 11.4. The molecular formula is C11H13NO2. The molecule has 14 heavy (non-hydrogen) atoms. The van der Waals surface area contributed by atoms with E-state index in [9.17, 15) is 9.90 Å². The summed E-state index contributed by atoms with van der Waals surface area (Å²) in [6, 6.07) is 6.38. The van der Waals surface area contributed by atoms with E-state index in [1.54, 1.807) is 24.4 Å². The number of aromatic hydroxyl groups is 1. The first kappa shape index (κ1) is 10.4. The summed E-state index contributed by atoms with van der Waals surface area (Å²) in [6.45, 7) is 3.86. The number of carbonyl (C=O) groups is 1. The van der Waals surface area contributed by atoms with Gasteiger partial charge in [-0.1, -0.05) is 26.0 Å². The molecule has 1 amide bonds. The largest absolute Gasteiger partial charge is 0.507 e. The minimum absolute atomic E-state index is 0.0293. The van der Waals surface area contributed by atoms with Gasteiger partial charge in [-0.05, 0) is 18.1 Å². The second kappa shape index (κ2) is 4.56. The molecule has 0 aromatic heterocycles. The molecule has 0 bridgehead atoms. The van der Waals surface area contributed by atoms with Crippen molar-refractivity contribution in [3.8, 4) is 5.75 Å². The topological polar surface area (TPSA) is 49.7 Å². The molecule has 74 valence electrons. The second-order valence-electron chi connectivity index (χ2n) is 3.34. The summed E-state index contributed by atoms with van der Waals surface area (Å²) in [7, 11) is 0. The Morgan fingerprint density at radius 1 is 1.43 bits per heavy atom. The highest BCUT2D eigenvalue weighted by atomic mass is 16.3. The smallest absolute Gasteiger partial charge is 0.280 e. The van der Waals surface area contributed by atoms with Crippen LogP contribution in [-0.4, -0.2) is 17.2 Å². The Bertz CT molecular complexity index is 356. The predicted octanol–water partition coefficient (Wildman–Crippen LogP) is 2.26. The number of hydrogen-bond acceptors (Lipinski definition) is 2. The number of aliphatic imine (C=N–C) groups is 1. The van der Waals surface area contributed by atoms with Crippen LogP contribution in [0, 0.1) is 5.92 Å². The molecule has 1 aromatic rings. The standard InChI is InChI=1S/C11H13NO2/c1-8(2)7-12-11(14)9-5-3-4-6-10(9)13/h3-8,13H,1-2H3. The van der Waals surface area contributed by atoms with Gasteiger partial charge in [0.2, 0.25) is 0 Å². The average molecular weight is 191 g/mol. The number of phenolic OH excluding ortho intramolecular Hbond substituents is 1. The molecule has 0 aliphatic rings. The lowest BCUT2D eigenvalue weighted by Gasteiger charge is -1.98. The number of carbonyl (C=O) groups excluding carboxylic acids is 1. The molecule has 0 heterocycles. The number of amides is 1. The zero-order chi connectivity index (χ0) is 10.6. The van der Waals surface area contributed by atoms with Crippen LogP contribution >= 0.6 is 0 Å². The van der Waals surface area contributed by atoms with Crippen LogP contribution in [0.2, 0.25) is 0 Å². The summed E-state index contributed by atoms with van der Waals surface area (Å²) in [4.78, 5) is 15.1. The van der Waals surface area contributed by atoms with E-state index in [1.807, 2.05) is 13.8 Å². The highest BCUT2D eigenvalue weighted by Crippen LogP contribution is 2.16. The van der Waals surface area contributed by atoms with Crippen molar-refractivity contribution in [3.63, 3.8) is 0 Å². The van der Waals surface area contributed by atoms with Crippen LogP contribution in [-0.2, 0) is 0 Å². The van der Waals surface area contributed by atoms with Gasteiger partial charge in [0.1, 0.15) is 5.75 Å². The van der Waals surface area contributed by atoms with Crippen molar-refractivity contribution in [1.82, 2.24) is 0 Å². The summed E-state index contributed by atoms with van der Waals surface area (Å²) in [5.74, 6) is -0.208. The number of hydrogen-bond donors (Lipinski definition) is 1. The summed E-state index contributed by atoms with van der Waals surface area (Å²) < 4.78 is 0. The lowest BCUT2D eigenvalue weighted by molar-refractivity contribution is 0.100. The van der Waals surface area contributed by atoms with E-state index in [2.05, 4.69) is 4.99 Å². The summed E-state index contributed by atoms with van der Waals surface area (Å²) in [5.41, 5.74) is 0.240. The molecule has 1 aromatic carbocycles. The number of nitrogens with zero attached hydrogens (tertiary/aromatic N) is 1. The van der Waals surface area contributed by atoms with Gasteiger partial charge in [0, 0.05) is 6.21 Å². The molecule has 3 heteroatoms. The number of para-hydroxylation sites is 1.